The van der Waals surface area contributed by atoms with Crippen LogP contribution in [0.5, 0.6) is 0 Å². The molecule has 0 aliphatic carbocycles. The third-order valence-corrected chi connectivity index (χ3v) is 5.98. The fraction of sp³-hybridized carbons (Fsp3) is 0.267. The average Bonchev–Trinajstić information content (AvgIpc) is 3.13. The molecule has 0 saturated heterocycles. The largest absolute Gasteiger partial charge is 0.300 e. The molecule has 7 heteroatoms. The fourth-order valence-electron chi connectivity index (χ4n) is 2.55. The Bertz CT molecular complexity index is 885. The molecule has 1 aliphatic heterocycles. The summed E-state index contributed by atoms with van der Waals surface area (Å²) in [4.78, 5) is 17.3. The number of thioether (sulfide) groups is 2. The predicted molar refractivity (Wildman–Crippen MR) is 89.8 cm³/mol. The van der Waals surface area contributed by atoms with E-state index in [-0.39, 0.29) is 5.56 Å². The number of hydrogen-bond donors (Lipinski definition) is 1. The van der Waals surface area contributed by atoms with Crippen molar-refractivity contribution in [3.8, 4) is 0 Å². The Labute approximate surface area is 135 Å². The molecule has 0 bridgehead atoms. The van der Waals surface area contributed by atoms with E-state index in [1.807, 2.05) is 11.8 Å². The Morgan fingerprint density at radius 3 is 3.05 bits per heavy atom. The van der Waals surface area contributed by atoms with Crippen molar-refractivity contribution in [3.05, 3.63) is 46.4 Å². The van der Waals surface area contributed by atoms with E-state index >= 15 is 0 Å². The first-order valence-corrected chi connectivity index (χ1v) is 8.97. The summed E-state index contributed by atoms with van der Waals surface area (Å²) in [5.41, 5.74) is 1.86. The minimum Gasteiger partial charge on any atom is -0.300 e. The number of H-pyrrole nitrogens is 1. The summed E-state index contributed by atoms with van der Waals surface area (Å²) in [6.07, 6.45) is 1.56. The normalized spacial score (nSPS) is 17.0. The lowest BCUT2D eigenvalue weighted by Gasteiger charge is -2.14. The van der Waals surface area contributed by atoms with Gasteiger partial charge in [-0.15, -0.1) is 11.8 Å². The maximum Gasteiger partial charge on any atom is 0.284 e. The maximum absolute atomic E-state index is 11.9. The third-order valence-electron chi connectivity index (χ3n) is 3.73. The molecule has 5 nitrogen and oxygen atoms in total. The summed E-state index contributed by atoms with van der Waals surface area (Å²) in [5.74, 6) is 1.88. The number of aromatic amines is 1. The highest BCUT2D eigenvalue weighted by atomic mass is 32.2. The molecule has 1 atom stereocenters. The van der Waals surface area contributed by atoms with Gasteiger partial charge in [-0.1, -0.05) is 29.5 Å². The number of aromatic nitrogens is 4. The van der Waals surface area contributed by atoms with Crippen LogP contribution < -0.4 is 5.56 Å². The van der Waals surface area contributed by atoms with Crippen LogP contribution in [0, 0.1) is 6.92 Å². The number of aryl methyl sites for hydroxylation is 1. The molecule has 4 rings (SSSR count). The second-order valence-corrected chi connectivity index (χ2v) is 7.37. The predicted octanol–water partition coefficient (Wildman–Crippen LogP) is 2.87. The van der Waals surface area contributed by atoms with Gasteiger partial charge in [-0.25, -0.2) is 0 Å². The van der Waals surface area contributed by atoms with Gasteiger partial charge in [0, 0.05) is 16.4 Å². The van der Waals surface area contributed by atoms with Crippen molar-refractivity contribution in [3.63, 3.8) is 0 Å². The number of rotatable bonds is 3. The van der Waals surface area contributed by atoms with Gasteiger partial charge < -0.3 is 4.57 Å². The minimum absolute atomic E-state index is 0.200. The van der Waals surface area contributed by atoms with Crippen molar-refractivity contribution in [2.75, 3.05) is 11.5 Å². The molecule has 3 heterocycles. The van der Waals surface area contributed by atoms with Crippen LogP contribution in [0.3, 0.4) is 0 Å². The van der Waals surface area contributed by atoms with E-state index in [0.717, 1.165) is 22.3 Å². The van der Waals surface area contributed by atoms with Crippen molar-refractivity contribution < 1.29 is 0 Å². The Hall–Kier alpha value is -1.73. The highest BCUT2D eigenvalue weighted by molar-refractivity contribution is 8.00. The summed E-state index contributed by atoms with van der Waals surface area (Å²) >= 11 is 3.47. The summed E-state index contributed by atoms with van der Waals surface area (Å²) in [6.45, 7) is 2.09. The Morgan fingerprint density at radius 2 is 2.23 bits per heavy atom. The Kier molecular flexibility index (Phi) is 3.46. The maximum atomic E-state index is 11.9. The van der Waals surface area contributed by atoms with Crippen molar-refractivity contribution in [2.24, 2.45) is 0 Å². The Balaban J connectivity index is 1.63. The summed E-state index contributed by atoms with van der Waals surface area (Å²) in [5, 5.41) is 8.30. The van der Waals surface area contributed by atoms with Crippen LogP contribution in [-0.2, 0) is 0 Å². The molecule has 2 aromatic heterocycles. The zero-order valence-corrected chi connectivity index (χ0v) is 13.6. The molecule has 0 saturated carbocycles. The first-order chi connectivity index (χ1) is 10.7. The van der Waals surface area contributed by atoms with E-state index in [1.165, 1.54) is 10.5 Å². The first-order valence-electron chi connectivity index (χ1n) is 7.00. The smallest absolute Gasteiger partial charge is 0.284 e. The van der Waals surface area contributed by atoms with Crippen molar-refractivity contribution in [2.45, 2.75) is 23.0 Å². The van der Waals surface area contributed by atoms with Gasteiger partial charge in [-0.3, -0.25) is 9.89 Å². The van der Waals surface area contributed by atoms with Crippen LogP contribution in [0.2, 0.25) is 0 Å². The van der Waals surface area contributed by atoms with Gasteiger partial charge in [-0.05, 0) is 19.1 Å². The number of nitrogens with one attached hydrogen (secondary N) is 1. The molecule has 112 valence electrons. The number of benzene rings is 1. The summed E-state index contributed by atoms with van der Waals surface area (Å²) in [6, 6.07) is 8.87. The van der Waals surface area contributed by atoms with Gasteiger partial charge in [0.1, 0.15) is 11.0 Å². The van der Waals surface area contributed by atoms with E-state index in [2.05, 4.69) is 50.9 Å². The molecule has 0 fully saturated rings. The fourth-order valence-corrected chi connectivity index (χ4v) is 4.82. The second-order valence-electron chi connectivity index (χ2n) is 5.29. The van der Waals surface area contributed by atoms with Gasteiger partial charge in [0.15, 0.2) is 5.16 Å². The topological polar surface area (TPSA) is 63.6 Å². The zero-order chi connectivity index (χ0) is 15.1. The first kappa shape index (κ1) is 13.9. The number of hydrogen-bond acceptors (Lipinski definition) is 5. The molecule has 1 aliphatic rings. The standard InChI is InChI=1S/C15H14N4OS2/c1-9-2-4-11(5-3-9)21-7-10-8-22-15-17-14(20)12-6-16-18-13(12)19(10)15/h2-6,10H,7-8H2,1H3,(H,16,18)/t10-/m1/s1. The lowest BCUT2D eigenvalue weighted by Crippen LogP contribution is -2.17. The molecular weight excluding hydrogens is 316 g/mol. The van der Waals surface area contributed by atoms with Gasteiger partial charge in [0.25, 0.3) is 5.56 Å². The second kappa shape index (κ2) is 5.48. The quantitative estimate of drug-likeness (QED) is 0.591. The molecule has 22 heavy (non-hydrogen) atoms. The van der Waals surface area contributed by atoms with Crippen LogP contribution in [0.25, 0.3) is 11.0 Å². The third kappa shape index (κ3) is 2.34. The van der Waals surface area contributed by atoms with Gasteiger partial charge in [0.2, 0.25) is 0 Å². The average molecular weight is 330 g/mol. The van der Waals surface area contributed by atoms with Gasteiger partial charge in [-0.2, -0.15) is 10.1 Å². The Morgan fingerprint density at radius 1 is 1.41 bits per heavy atom. The molecule has 0 unspecified atom stereocenters. The van der Waals surface area contributed by atoms with Crippen molar-refractivity contribution in [1.29, 1.82) is 0 Å². The molecule has 1 N–H and O–H groups in total. The number of fused-ring (bicyclic) bond motifs is 3. The van der Waals surface area contributed by atoms with Gasteiger partial charge in [0.05, 0.1) is 12.2 Å². The molecule has 0 radical (unpaired) electrons. The van der Waals surface area contributed by atoms with E-state index in [0.29, 0.717) is 11.4 Å². The van der Waals surface area contributed by atoms with Crippen LogP contribution in [0.15, 0.2) is 45.3 Å². The SMILES string of the molecule is Cc1ccc(SC[C@@H]2CSc3nc(=O)c4cn[nH]c4n32)cc1. The lowest BCUT2D eigenvalue weighted by atomic mass is 10.2. The van der Waals surface area contributed by atoms with E-state index in [4.69, 9.17) is 0 Å². The van der Waals surface area contributed by atoms with Gasteiger partial charge >= 0.3 is 0 Å². The van der Waals surface area contributed by atoms with Crippen LogP contribution in [-0.4, -0.2) is 31.3 Å². The van der Waals surface area contributed by atoms with Crippen LogP contribution in [0.4, 0.5) is 0 Å². The zero-order valence-electron chi connectivity index (χ0n) is 11.9. The van der Waals surface area contributed by atoms with E-state index < -0.39 is 0 Å². The molecule has 1 aromatic carbocycles. The minimum atomic E-state index is -0.200. The molecule has 3 aromatic rings. The molecule has 0 spiro atoms. The van der Waals surface area contributed by atoms with Crippen molar-refractivity contribution in [1.82, 2.24) is 19.7 Å². The van der Waals surface area contributed by atoms with Crippen LogP contribution in [0.1, 0.15) is 11.6 Å². The van der Waals surface area contributed by atoms with Crippen LogP contribution >= 0.6 is 23.5 Å². The highest BCUT2D eigenvalue weighted by Crippen LogP contribution is 2.36. The summed E-state index contributed by atoms with van der Waals surface area (Å²) in [7, 11) is 0. The lowest BCUT2D eigenvalue weighted by molar-refractivity contribution is 0.585. The highest BCUT2D eigenvalue weighted by Gasteiger charge is 2.26. The van der Waals surface area contributed by atoms with Crippen molar-refractivity contribution >= 4 is 34.6 Å². The summed E-state index contributed by atoms with van der Waals surface area (Å²) < 4.78 is 2.12. The molecule has 0 amide bonds. The number of nitrogens with zero attached hydrogens (tertiary/aromatic N) is 3. The van der Waals surface area contributed by atoms with E-state index in [9.17, 15) is 4.79 Å². The monoisotopic (exact) mass is 330 g/mol. The van der Waals surface area contributed by atoms with E-state index in [1.54, 1.807) is 18.0 Å². The molecular formula is C15H14N4OS2.